The minimum Gasteiger partial charge on any atom is -0.367 e. The topological polar surface area (TPSA) is 82.0 Å². The molecule has 3 heterocycles. The van der Waals surface area contributed by atoms with Gasteiger partial charge in [-0.1, -0.05) is 31.4 Å². The molecule has 0 aliphatic heterocycles. The summed E-state index contributed by atoms with van der Waals surface area (Å²) in [4.78, 5) is 13.0. The lowest BCUT2D eigenvalue weighted by molar-refractivity contribution is 0.111. The Balaban J connectivity index is 0.000000300. The number of rotatable bonds is 3. The lowest BCUT2D eigenvalue weighted by Gasteiger charge is -2.40. The first kappa shape index (κ1) is 22.6. The number of aromatic nitrogens is 5. The first-order valence-corrected chi connectivity index (χ1v) is 11.1. The lowest BCUT2D eigenvalue weighted by Crippen LogP contribution is -2.29. The summed E-state index contributed by atoms with van der Waals surface area (Å²) in [5.74, 6) is 1.15. The van der Waals surface area contributed by atoms with Crippen molar-refractivity contribution in [1.29, 1.82) is 0 Å². The summed E-state index contributed by atoms with van der Waals surface area (Å²) < 4.78 is 0.463. The van der Waals surface area contributed by atoms with E-state index < -0.39 is 4.55 Å². The Morgan fingerprint density at radius 1 is 1.16 bits per heavy atom. The molecule has 32 heavy (non-hydrogen) atoms. The Kier molecular flexibility index (Phi) is 5.96. The van der Waals surface area contributed by atoms with Gasteiger partial charge in [-0.15, -0.1) is 5.10 Å². The second kappa shape index (κ2) is 8.43. The van der Waals surface area contributed by atoms with Crippen LogP contribution in [0.3, 0.4) is 0 Å². The molecule has 5 rings (SSSR count). The second-order valence-electron chi connectivity index (χ2n) is 9.54. The molecule has 9 heteroatoms. The summed E-state index contributed by atoms with van der Waals surface area (Å²) in [7, 11) is 11.7. The van der Waals surface area contributed by atoms with Gasteiger partial charge in [0.2, 0.25) is 5.95 Å². The third-order valence-electron chi connectivity index (χ3n) is 5.63. The van der Waals surface area contributed by atoms with Gasteiger partial charge in [0.25, 0.3) is 0 Å². The fraction of sp³-hybridized carbons (Fsp3) is 0.391. The molecular formula is C23H26B2N6S. The van der Waals surface area contributed by atoms with E-state index in [4.69, 9.17) is 21.4 Å². The molecule has 160 valence electrons. The summed E-state index contributed by atoms with van der Waals surface area (Å²) in [6.45, 7) is 7.01. The molecule has 0 atom stereocenters. The Bertz CT molecular complexity index is 1260. The van der Waals surface area contributed by atoms with Gasteiger partial charge in [-0.3, -0.25) is 9.97 Å². The van der Waals surface area contributed by atoms with E-state index >= 15 is 0 Å². The van der Waals surface area contributed by atoms with Gasteiger partial charge in [0, 0.05) is 24.2 Å². The number of hydrogen-bond acceptors (Lipinski definition) is 6. The largest absolute Gasteiger partial charge is 0.367 e. The van der Waals surface area contributed by atoms with Crippen molar-refractivity contribution in [3.8, 4) is 11.1 Å². The minimum atomic E-state index is -1.21. The molecule has 1 fully saturated rings. The highest BCUT2D eigenvalue weighted by molar-refractivity contribution is 7.84. The number of nitrogens with two attached hydrogens (primary N) is 1. The summed E-state index contributed by atoms with van der Waals surface area (Å²) >= 11 is 4.20. The third kappa shape index (κ3) is 5.09. The van der Waals surface area contributed by atoms with Crippen molar-refractivity contribution < 1.29 is 0 Å². The van der Waals surface area contributed by atoms with Crippen LogP contribution in [-0.2, 0) is 6.42 Å². The highest BCUT2D eigenvalue weighted by atomic mass is 32.1. The Morgan fingerprint density at radius 3 is 2.44 bits per heavy atom. The SMILES string of the molecule is CC1CC(C)(C)C1.[B]C([B])(S)Cc1nc(N)nn2ccc(-c3ccc4nccnc4c3)c12. The third-order valence-corrected chi connectivity index (χ3v) is 5.79. The van der Waals surface area contributed by atoms with Crippen LogP contribution in [0.4, 0.5) is 5.95 Å². The van der Waals surface area contributed by atoms with Crippen molar-refractivity contribution in [2.24, 2.45) is 11.3 Å². The van der Waals surface area contributed by atoms with Gasteiger partial charge in [-0.2, -0.15) is 12.6 Å². The van der Waals surface area contributed by atoms with E-state index in [1.807, 2.05) is 30.5 Å². The van der Waals surface area contributed by atoms with Crippen LogP contribution in [0.5, 0.6) is 0 Å². The number of hydrogen-bond donors (Lipinski definition) is 2. The molecular weight excluding hydrogens is 414 g/mol. The predicted molar refractivity (Wildman–Crippen MR) is 135 cm³/mol. The van der Waals surface area contributed by atoms with Crippen LogP contribution >= 0.6 is 12.6 Å². The molecule has 0 spiro atoms. The maximum absolute atomic E-state index is 5.85. The average Bonchev–Trinajstić information content (AvgIpc) is 3.09. The fourth-order valence-electron chi connectivity index (χ4n) is 4.70. The molecule has 0 unspecified atom stereocenters. The van der Waals surface area contributed by atoms with Gasteiger partial charge in [-0.25, -0.2) is 9.50 Å². The van der Waals surface area contributed by atoms with Crippen molar-refractivity contribution in [3.05, 3.63) is 48.5 Å². The van der Waals surface area contributed by atoms with E-state index in [2.05, 4.69) is 53.5 Å². The maximum Gasteiger partial charge on any atom is 0.238 e. The van der Waals surface area contributed by atoms with Gasteiger partial charge in [0.1, 0.15) is 0 Å². The van der Waals surface area contributed by atoms with Crippen molar-refractivity contribution in [1.82, 2.24) is 24.6 Å². The number of benzene rings is 1. The Hall–Kier alpha value is -2.54. The zero-order valence-electron chi connectivity index (χ0n) is 18.7. The molecule has 2 N–H and O–H groups in total. The van der Waals surface area contributed by atoms with Gasteiger partial charge in [0.15, 0.2) is 0 Å². The number of nitrogen functional groups attached to an aromatic ring is 1. The van der Waals surface area contributed by atoms with Crippen LogP contribution in [0, 0.1) is 11.3 Å². The molecule has 1 saturated carbocycles. The summed E-state index contributed by atoms with van der Waals surface area (Å²) in [6, 6.07) is 7.81. The van der Waals surface area contributed by atoms with Crippen molar-refractivity contribution >= 4 is 50.8 Å². The van der Waals surface area contributed by atoms with Gasteiger partial charge in [-0.05, 0) is 54.4 Å². The molecule has 4 aromatic rings. The number of nitrogens with zero attached hydrogens (tertiary/aromatic N) is 5. The van der Waals surface area contributed by atoms with E-state index in [1.54, 1.807) is 16.9 Å². The van der Waals surface area contributed by atoms with Crippen molar-refractivity contribution in [3.63, 3.8) is 0 Å². The minimum absolute atomic E-state index is 0.145. The van der Waals surface area contributed by atoms with E-state index in [-0.39, 0.29) is 12.4 Å². The van der Waals surface area contributed by atoms with Crippen LogP contribution in [0.2, 0.25) is 0 Å². The van der Waals surface area contributed by atoms with Crippen LogP contribution < -0.4 is 5.73 Å². The summed E-state index contributed by atoms with van der Waals surface area (Å²) in [5, 5.41) is 4.22. The van der Waals surface area contributed by atoms with Crippen LogP contribution in [0.15, 0.2) is 42.9 Å². The van der Waals surface area contributed by atoms with E-state index in [1.165, 1.54) is 12.8 Å². The van der Waals surface area contributed by atoms with Gasteiger partial charge >= 0.3 is 0 Å². The Labute approximate surface area is 196 Å². The normalized spacial score (nSPS) is 15.9. The lowest BCUT2D eigenvalue weighted by atomic mass is 9.65. The molecule has 0 bridgehead atoms. The smallest absolute Gasteiger partial charge is 0.238 e. The fourth-order valence-corrected chi connectivity index (χ4v) is 4.85. The number of thiol groups is 1. The van der Waals surface area contributed by atoms with Gasteiger partial charge in [0.05, 0.1) is 37.9 Å². The van der Waals surface area contributed by atoms with Crippen molar-refractivity contribution in [2.75, 3.05) is 5.73 Å². The first-order chi connectivity index (χ1) is 15.0. The predicted octanol–water partition coefficient (Wildman–Crippen LogP) is 3.83. The average molecular weight is 440 g/mol. The molecule has 4 radical (unpaired) electrons. The quantitative estimate of drug-likeness (QED) is 0.374. The molecule has 0 saturated heterocycles. The molecule has 0 amide bonds. The van der Waals surface area contributed by atoms with E-state index in [0.29, 0.717) is 11.1 Å². The monoisotopic (exact) mass is 440 g/mol. The standard InChI is InChI=1S/C16H12B2N6S.C7H14/c17-16(18,25)8-13-14-10(3-6-24(14)23-15(19)22-13)9-1-2-11-12(7-9)21-5-4-20-11;1-6-4-7(2,3)5-6/h1-7,25H,8H2,(H2,19,23);6H,4-5H2,1-3H3. The highest BCUT2D eigenvalue weighted by Crippen LogP contribution is 2.44. The van der Waals surface area contributed by atoms with E-state index in [0.717, 1.165) is 33.6 Å². The first-order valence-electron chi connectivity index (χ1n) is 10.7. The van der Waals surface area contributed by atoms with Crippen molar-refractivity contribution in [2.45, 2.75) is 44.6 Å². The van der Waals surface area contributed by atoms with E-state index in [9.17, 15) is 0 Å². The molecule has 6 nitrogen and oxygen atoms in total. The zero-order valence-corrected chi connectivity index (χ0v) is 19.5. The zero-order chi connectivity index (χ0) is 23.1. The molecule has 1 aliphatic rings. The maximum atomic E-state index is 5.85. The number of fused-ring (bicyclic) bond motifs is 2. The summed E-state index contributed by atoms with van der Waals surface area (Å²) in [5.41, 5.74) is 11.4. The molecule has 1 aromatic carbocycles. The van der Waals surface area contributed by atoms with Crippen LogP contribution in [-0.4, -0.2) is 44.8 Å². The highest BCUT2D eigenvalue weighted by Gasteiger charge is 2.32. The van der Waals surface area contributed by atoms with Crippen LogP contribution in [0.25, 0.3) is 27.7 Å². The second-order valence-corrected chi connectivity index (χ2v) is 10.4. The summed E-state index contributed by atoms with van der Waals surface area (Å²) in [6.07, 6.45) is 8.26. The number of anilines is 1. The van der Waals surface area contributed by atoms with Crippen LogP contribution in [0.1, 0.15) is 39.3 Å². The molecule has 1 aliphatic carbocycles. The Morgan fingerprint density at radius 2 is 1.84 bits per heavy atom. The van der Waals surface area contributed by atoms with Gasteiger partial charge < -0.3 is 5.73 Å². The molecule has 3 aromatic heterocycles.